The topological polar surface area (TPSA) is 41.1 Å². The third kappa shape index (κ3) is 3.46. The normalized spacial score (nSPS) is 10.9. The molecule has 1 aromatic heterocycles. The predicted molar refractivity (Wildman–Crippen MR) is 118 cm³/mol. The van der Waals surface area contributed by atoms with Gasteiger partial charge in [0, 0.05) is 18.4 Å². The van der Waals surface area contributed by atoms with Gasteiger partial charge in [0.05, 0.1) is 22.4 Å². The summed E-state index contributed by atoms with van der Waals surface area (Å²) in [4.78, 5) is 11.2. The Kier molecular flexibility index (Phi) is 4.46. The average molecular weight is 372 g/mol. The van der Waals surface area contributed by atoms with Gasteiger partial charge >= 0.3 is 0 Å². The molecule has 0 radical (unpaired) electrons. The van der Waals surface area contributed by atoms with E-state index in [4.69, 9.17) is 12.2 Å². The third-order valence-corrected chi connectivity index (χ3v) is 5.13. The van der Waals surface area contributed by atoms with E-state index in [0.717, 1.165) is 33.8 Å². The van der Waals surface area contributed by atoms with Crippen molar-refractivity contribution in [3.8, 4) is 0 Å². The van der Waals surface area contributed by atoms with E-state index in [9.17, 15) is 0 Å². The van der Waals surface area contributed by atoms with Crippen LogP contribution in [-0.2, 0) is 0 Å². The van der Waals surface area contributed by atoms with Crippen molar-refractivity contribution in [2.45, 2.75) is 13.8 Å². The first-order chi connectivity index (χ1) is 13.0. The largest absolute Gasteiger partial charge is 0.332 e. The van der Waals surface area contributed by atoms with Gasteiger partial charge in [0.15, 0.2) is 5.11 Å². The number of fused-ring (bicyclic) bond motifs is 2. The zero-order chi connectivity index (χ0) is 19.0. The Labute approximate surface area is 163 Å². The zero-order valence-electron chi connectivity index (χ0n) is 15.5. The number of nitrogens with one attached hydrogen (secondary N) is 1. The molecule has 5 heteroatoms. The predicted octanol–water partition coefficient (Wildman–Crippen LogP) is 5.23. The number of aromatic nitrogens is 2. The molecule has 1 heterocycles. The van der Waals surface area contributed by atoms with Gasteiger partial charge in [-0.3, -0.25) is 0 Å². The first-order valence-corrected chi connectivity index (χ1v) is 9.20. The summed E-state index contributed by atoms with van der Waals surface area (Å²) in [5.74, 6) is 0. The standard InChI is InChI=1S/C22H20N4S/c1-14-15(2)24-21-13-18(9-11-20(21)23-14)25-22(27)26(3)19-10-8-16-6-4-5-7-17(16)12-19/h4-13H,1-3H3,(H,25,27). The van der Waals surface area contributed by atoms with Gasteiger partial charge < -0.3 is 10.2 Å². The molecule has 0 saturated carbocycles. The van der Waals surface area contributed by atoms with Gasteiger partial charge in [-0.25, -0.2) is 9.97 Å². The van der Waals surface area contributed by atoms with Crippen LogP contribution in [0.4, 0.5) is 11.4 Å². The van der Waals surface area contributed by atoms with Crippen molar-refractivity contribution in [2.75, 3.05) is 17.3 Å². The summed E-state index contributed by atoms with van der Waals surface area (Å²) < 4.78 is 0. The molecule has 0 saturated heterocycles. The maximum Gasteiger partial charge on any atom is 0.177 e. The highest BCUT2D eigenvalue weighted by Crippen LogP contribution is 2.23. The number of anilines is 2. The minimum absolute atomic E-state index is 0.626. The Balaban J connectivity index is 1.58. The summed E-state index contributed by atoms with van der Waals surface area (Å²) in [6.07, 6.45) is 0. The van der Waals surface area contributed by atoms with Crippen LogP contribution >= 0.6 is 12.2 Å². The lowest BCUT2D eigenvalue weighted by molar-refractivity contribution is 1.10. The Morgan fingerprint density at radius 2 is 1.56 bits per heavy atom. The van der Waals surface area contributed by atoms with E-state index in [0.29, 0.717) is 5.11 Å². The fourth-order valence-corrected chi connectivity index (χ4v) is 3.24. The lowest BCUT2D eigenvalue weighted by Gasteiger charge is -2.21. The van der Waals surface area contributed by atoms with Gasteiger partial charge in [0.25, 0.3) is 0 Å². The van der Waals surface area contributed by atoms with Crippen LogP contribution in [0.2, 0.25) is 0 Å². The number of hydrogen-bond acceptors (Lipinski definition) is 3. The van der Waals surface area contributed by atoms with Gasteiger partial charge in [-0.1, -0.05) is 30.3 Å². The lowest BCUT2D eigenvalue weighted by atomic mass is 10.1. The van der Waals surface area contributed by atoms with Crippen molar-refractivity contribution >= 4 is 50.5 Å². The molecule has 1 N–H and O–H groups in total. The summed E-state index contributed by atoms with van der Waals surface area (Å²) in [5, 5.41) is 6.34. The second-order valence-electron chi connectivity index (χ2n) is 6.62. The van der Waals surface area contributed by atoms with E-state index in [1.54, 1.807) is 0 Å². The molecule has 0 aliphatic heterocycles. The fourth-order valence-electron chi connectivity index (χ4n) is 3.02. The average Bonchev–Trinajstić information content (AvgIpc) is 2.68. The smallest absolute Gasteiger partial charge is 0.177 e. The molecule has 4 nitrogen and oxygen atoms in total. The third-order valence-electron chi connectivity index (χ3n) is 4.75. The maximum atomic E-state index is 5.61. The van der Waals surface area contributed by atoms with E-state index in [1.807, 2.05) is 56.1 Å². The van der Waals surface area contributed by atoms with Crippen LogP contribution in [0.5, 0.6) is 0 Å². The molecule has 0 atom stereocenters. The summed E-state index contributed by atoms with van der Waals surface area (Å²) in [7, 11) is 1.97. The van der Waals surface area contributed by atoms with Crippen LogP contribution in [0.3, 0.4) is 0 Å². The molecule has 0 aliphatic rings. The Bertz CT molecular complexity index is 1170. The van der Waals surface area contributed by atoms with E-state index in [1.165, 1.54) is 10.8 Å². The minimum atomic E-state index is 0.626. The molecule has 0 spiro atoms. The van der Waals surface area contributed by atoms with Crippen molar-refractivity contribution in [3.63, 3.8) is 0 Å². The molecular weight excluding hydrogens is 352 g/mol. The Hall–Kier alpha value is -3.05. The zero-order valence-corrected chi connectivity index (χ0v) is 16.3. The summed E-state index contributed by atoms with van der Waals surface area (Å²) >= 11 is 5.61. The Morgan fingerprint density at radius 1 is 0.852 bits per heavy atom. The van der Waals surface area contributed by atoms with E-state index < -0.39 is 0 Å². The van der Waals surface area contributed by atoms with Crippen molar-refractivity contribution in [3.05, 3.63) is 72.1 Å². The van der Waals surface area contributed by atoms with Crippen LogP contribution in [0, 0.1) is 13.8 Å². The van der Waals surface area contributed by atoms with Crippen molar-refractivity contribution in [2.24, 2.45) is 0 Å². The summed E-state index contributed by atoms with van der Waals surface area (Å²) in [5.41, 5.74) is 5.58. The van der Waals surface area contributed by atoms with E-state index in [2.05, 4.69) is 45.6 Å². The number of nitrogens with zero attached hydrogens (tertiary/aromatic N) is 3. The Morgan fingerprint density at radius 3 is 2.33 bits per heavy atom. The van der Waals surface area contributed by atoms with E-state index in [-0.39, 0.29) is 0 Å². The highest BCUT2D eigenvalue weighted by Gasteiger charge is 2.09. The van der Waals surface area contributed by atoms with Crippen molar-refractivity contribution in [1.82, 2.24) is 9.97 Å². The summed E-state index contributed by atoms with van der Waals surface area (Å²) in [6.45, 7) is 3.95. The highest BCUT2D eigenvalue weighted by molar-refractivity contribution is 7.80. The monoisotopic (exact) mass is 372 g/mol. The van der Waals surface area contributed by atoms with Crippen LogP contribution in [-0.4, -0.2) is 22.1 Å². The SMILES string of the molecule is Cc1nc2ccc(NC(=S)N(C)c3ccc4ccccc4c3)cc2nc1C. The molecule has 0 amide bonds. The first kappa shape index (κ1) is 17.4. The molecule has 0 bridgehead atoms. The van der Waals surface area contributed by atoms with Crippen LogP contribution < -0.4 is 10.2 Å². The number of rotatable bonds is 2. The maximum absolute atomic E-state index is 5.61. The van der Waals surface area contributed by atoms with Gasteiger partial charge in [-0.2, -0.15) is 0 Å². The molecule has 0 aliphatic carbocycles. The van der Waals surface area contributed by atoms with Gasteiger partial charge in [0.1, 0.15) is 0 Å². The van der Waals surface area contributed by atoms with Crippen molar-refractivity contribution in [1.29, 1.82) is 0 Å². The molecule has 27 heavy (non-hydrogen) atoms. The fraction of sp³-hybridized carbons (Fsp3) is 0.136. The van der Waals surface area contributed by atoms with E-state index >= 15 is 0 Å². The van der Waals surface area contributed by atoms with Gasteiger partial charge in [-0.15, -0.1) is 0 Å². The number of hydrogen-bond donors (Lipinski definition) is 1. The number of thiocarbonyl (C=S) groups is 1. The summed E-state index contributed by atoms with van der Waals surface area (Å²) in [6, 6.07) is 20.6. The van der Waals surface area contributed by atoms with Gasteiger partial charge in [0.2, 0.25) is 0 Å². The van der Waals surface area contributed by atoms with Crippen LogP contribution in [0.15, 0.2) is 60.7 Å². The first-order valence-electron chi connectivity index (χ1n) is 8.80. The number of aryl methyl sites for hydroxylation is 2. The highest BCUT2D eigenvalue weighted by atomic mass is 32.1. The molecular formula is C22H20N4S. The molecule has 4 aromatic rings. The quantitative estimate of drug-likeness (QED) is 0.488. The molecule has 0 fully saturated rings. The minimum Gasteiger partial charge on any atom is -0.332 e. The second kappa shape index (κ2) is 6.93. The molecule has 3 aromatic carbocycles. The lowest BCUT2D eigenvalue weighted by Crippen LogP contribution is -2.30. The number of benzene rings is 3. The molecule has 4 rings (SSSR count). The van der Waals surface area contributed by atoms with Crippen LogP contribution in [0.25, 0.3) is 21.8 Å². The van der Waals surface area contributed by atoms with Gasteiger partial charge in [-0.05, 0) is 67.2 Å². The van der Waals surface area contributed by atoms with Crippen LogP contribution in [0.1, 0.15) is 11.4 Å². The second-order valence-corrected chi connectivity index (χ2v) is 7.01. The van der Waals surface area contributed by atoms with Crippen molar-refractivity contribution < 1.29 is 0 Å². The molecule has 0 unspecified atom stereocenters. The molecule has 134 valence electrons.